The van der Waals surface area contributed by atoms with Gasteiger partial charge in [0.2, 0.25) is 0 Å². The van der Waals surface area contributed by atoms with E-state index in [0.29, 0.717) is 0 Å². The van der Waals surface area contributed by atoms with Gasteiger partial charge in [-0.25, -0.2) is 0 Å². The molecular formula is C13H21N. The minimum absolute atomic E-state index is 0.974. The third-order valence-corrected chi connectivity index (χ3v) is 5.60. The van der Waals surface area contributed by atoms with Crippen molar-refractivity contribution in [1.29, 1.82) is 0 Å². The Kier molecular flexibility index (Phi) is 1.60. The van der Waals surface area contributed by atoms with E-state index in [0.717, 1.165) is 35.6 Å². The van der Waals surface area contributed by atoms with Crippen molar-refractivity contribution < 1.29 is 0 Å². The van der Waals surface area contributed by atoms with Crippen molar-refractivity contribution in [2.45, 2.75) is 44.6 Å². The molecule has 1 N–H and O–H groups in total. The molecule has 14 heavy (non-hydrogen) atoms. The van der Waals surface area contributed by atoms with Gasteiger partial charge in [0.1, 0.15) is 0 Å². The normalized spacial score (nSPS) is 54.4. The molecule has 4 rings (SSSR count). The molecule has 78 valence electrons. The number of hydrogen-bond donors (Lipinski definition) is 1. The van der Waals surface area contributed by atoms with Gasteiger partial charge in [-0.05, 0) is 68.2 Å². The lowest BCUT2D eigenvalue weighted by atomic mass is 9.85. The van der Waals surface area contributed by atoms with Gasteiger partial charge in [0.25, 0.3) is 0 Å². The first-order valence-corrected chi connectivity index (χ1v) is 6.67. The molecule has 4 unspecified atom stereocenters. The second kappa shape index (κ2) is 2.75. The van der Waals surface area contributed by atoms with Gasteiger partial charge in [-0.2, -0.15) is 0 Å². The van der Waals surface area contributed by atoms with Crippen LogP contribution in [0.15, 0.2) is 0 Å². The van der Waals surface area contributed by atoms with Gasteiger partial charge >= 0.3 is 0 Å². The predicted molar refractivity (Wildman–Crippen MR) is 56.9 cm³/mol. The maximum absolute atomic E-state index is 3.86. The molecule has 0 heterocycles. The summed E-state index contributed by atoms with van der Waals surface area (Å²) in [7, 11) is 0. The van der Waals surface area contributed by atoms with Crippen molar-refractivity contribution in [3.05, 3.63) is 0 Å². The van der Waals surface area contributed by atoms with E-state index < -0.39 is 0 Å². The Labute approximate surface area is 86.6 Å². The van der Waals surface area contributed by atoms with Crippen LogP contribution >= 0.6 is 0 Å². The fourth-order valence-corrected chi connectivity index (χ4v) is 4.60. The standard InChI is InChI=1S/C13H21N/c1-2-8(3-1)7-14-13-11-9-4-5-10(6-9)12(11)13/h8-14H,1-7H2. The molecule has 0 saturated heterocycles. The maximum Gasteiger partial charge on any atom is 0.0136 e. The fourth-order valence-electron chi connectivity index (χ4n) is 4.60. The van der Waals surface area contributed by atoms with Gasteiger partial charge in [-0.1, -0.05) is 6.42 Å². The van der Waals surface area contributed by atoms with E-state index in [-0.39, 0.29) is 0 Å². The van der Waals surface area contributed by atoms with Gasteiger partial charge in [0.05, 0.1) is 0 Å². The van der Waals surface area contributed by atoms with Gasteiger partial charge in [0.15, 0.2) is 0 Å². The minimum atomic E-state index is 0.974. The highest BCUT2D eigenvalue weighted by Gasteiger charge is 2.64. The molecule has 4 aliphatic carbocycles. The van der Waals surface area contributed by atoms with E-state index in [2.05, 4.69) is 5.32 Å². The van der Waals surface area contributed by atoms with Crippen LogP contribution in [0.5, 0.6) is 0 Å². The molecule has 0 aromatic rings. The largest absolute Gasteiger partial charge is 0.313 e. The average molecular weight is 191 g/mol. The van der Waals surface area contributed by atoms with E-state index >= 15 is 0 Å². The lowest BCUT2D eigenvalue weighted by Crippen LogP contribution is -2.31. The third-order valence-electron chi connectivity index (χ3n) is 5.60. The van der Waals surface area contributed by atoms with Crippen LogP contribution in [0.1, 0.15) is 38.5 Å². The van der Waals surface area contributed by atoms with Gasteiger partial charge < -0.3 is 5.32 Å². The zero-order valence-electron chi connectivity index (χ0n) is 8.91. The molecule has 4 fully saturated rings. The van der Waals surface area contributed by atoms with E-state index in [4.69, 9.17) is 0 Å². The van der Waals surface area contributed by atoms with E-state index in [1.165, 1.54) is 25.8 Å². The zero-order chi connectivity index (χ0) is 9.12. The highest BCUT2D eigenvalue weighted by molar-refractivity contribution is 5.16. The summed E-state index contributed by atoms with van der Waals surface area (Å²) >= 11 is 0. The highest BCUT2D eigenvalue weighted by atomic mass is 15.0. The van der Waals surface area contributed by atoms with E-state index in [9.17, 15) is 0 Å². The molecule has 2 bridgehead atoms. The predicted octanol–water partition coefficient (Wildman–Crippen LogP) is 2.42. The van der Waals surface area contributed by atoms with Crippen molar-refractivity contribution >= 4 is 0 Å². The summed E-state index contributed by atoms with van der Waals surface area (Å²) in [4.78, 5) is 0. The summed E-state index contributed by atoms with van der Waals surface area (Å²) < 4.78 is 0. The second-order valence-corrected chi connectivity index (χ2v) is 6.22. The first kappa shape index (κ1) is 8.15. The Morgan fingerprint density at radius 1 is 0.929 bits per heavy atom. The lowest BCUT2D eigenvalue weighted by molar-refractivity contribution is 0.292. The van der Waals surface area contributed by atoms with Crippen LogP contribution in [0.25, 0.3) is 0 Å². The molecular weight excluding hydrogens is 170 g/mol. The van der Waals surface area contributed by atoms with E-state index in [1.54, 1.807) is 19.3 Å². The first-order valence-electron chi connectivity index (χ1n) is 6.67. The summed E-state index contributed by atoms with van der Waals surface area (Å²) in [5, 5.41) is 3.86. The number of nitrogens with one attached hydrogen (secondary N) is 1. The summed E-state index contributed by atoms with van der Waals surface area (Å²) in [5.74, 6) is 5.60. The molecule has 0 aromatic heterocycles. The second-order valence-electron chi connectivity index (χ2n) is 6.22. The fraction of sp³-hybridized carbons (Fsp3) is 1.00. The highest BCUT2D eigenvalue weighted by Crippen LogP contribution is 2.65. The molecule has 1 nitrogen and oxygen atoms in total. The Morgan fingerprint density at radius 2 is 1.64 bits per heavy atom. The van der Waals surface area contributed by atoms with Crippen LogP contribution in [-0.4, -0.2) is 12.6 Å². The van der Waals surface area contributed by atoms with Crippen LogP contribution in [0, 0.1) is 29.6 Å². The van der Waals surface area contributed by atoms with Crippen molar-refractivity contribution in [3.8, 4) is 0 Å². The van der Waals surface area contributed by atoms with E-state index in [1.807, 2.05) is 0 Å². The molecule has 0 spiro atoms. The number of rotatable bonds is 3. The van der Waals surface area contributed by atoms with Crippen molar-refractivity contribution in [3.63, 3.8) is 0 Å². The molecule has 0 radical (unpaired) electrons. The summed E-state index contributed by atoms with van der Waals surface area (Å²) in [6, 6.07) is 0.974. The maximum atomic E-state index is 3.86. The lowest BCUT2D eigenvalue weighted by Gasteiger charge is -2.26. The molecule has 4 saturated carbocycles. The van der Waals surface area contributed by atoms with Crippen LogP contribution in [0.3, 0.4) is 0 Å². The molecule has 0 aromatic carbocycles. The Morgan fingerprint density at radius 3 is 2.21 bits per heavy atom. The zero-order valence-corrected chi connectivity index (χ0v) is 8.91. The van der Waals surface area contributed by atoms with Crippen molar-refractivity contribution in [1.82, 2.24) is 5.32 Å². The summed E-state index contributed by atoms with van der Waals surface area (Å²) in [6.45, 7) is 1.34. The molecule has 4 aliphatic rings. The molecule has 1 heteroatoms. The smallest absolute Gasteiger partial charge is 0.0136 e. The van der Waals surface area contributed by atoms with Crippen LogP contribution in [0.2, 0.25) is 0 Å². The quantitative estimate of drug-likeness (QED) is 0.722. The van der Waals surface area contributed by atoms with Crippen molar-refractivity contribution in [2.24, 2.45) is 29.6 Å². The van der Waals surface area contributed by atoms with Crippen LogP contribution in [-0.2, 0) is 0 Å². The molecule has 4 atom stereocenters. The Balaban J connectivity index is 1.33. The third kappa shape index (κ3) is 0.997. The van der Waals surface area contributed by atoms with Crippen LogP contribution in [0.4, 0.5) is 0 Å². The number of hydrogen-bond acceptors (Lipinski definition) is 1. The Bertz CT molecular complexity index is 230. The van der Waals surface area contributed by atoms with Gasteiger partial charge in [-0.15, -0.1) is 0 Å². The first-order chi connectivity index (χ1) is 6.93. The molecule has 0 aliphatic heterocycles. The average Bonchev–Trinajstić information content (AvgIpc) is 2.54. The SMILES string of the molecule is C1CC(CNC2C3C4CCC(C4)C23)C1. The van der Waals surface area contributed by atoms with Gasteiger partial charge in [-0.3, -0.25) is 0 Å². The van der Waals surface area contributed by atoms with Crippen LogP contribution < -0.4 is 5.32 Å². The van der Waals surface area contributed by atoms with Gasteiger partial charge in [0, 0.05) is 6.04 Å². The van der Waals surface area contributed by atoms with Crippen molar-refractivity contribution in [2.75, 3.05) is 6.54 Å². The Hall–Kier alpha value is -0.0400. The minimum Gasteiger partial charge on any atom is -0.313 e. The molecule has 0 amide bonds. The number of fused-ring (bicyclic) bond motifs is 5. The topological polar surface area (TPSA) is 12.0 Å². The summed E-state index contributed by atoms with van der Waals surface area (Å²) in [6.07, 6.45) is 9.22. The summed E-state index contributed by atoms with van der Waals surface area (Å²) in [5.41, 5.74) is 0. The monoisotopic (exact) mass is 191 g/mol.